The molecule has 10 rings (SSSR count). The van der Waals surface area contributed by atoms with Gasteiger partial charge >= 0.3 is 19.2 Å². The lowest BCUT2D eigenvalue weighted by Gasteiger charge is -2.40. The number of alkyl halides is 1. The molecule has 6 aromatic rings. The second-order valence-corrected chi connectivity index (χ2v) is 26.6. The molecule has 4 aliphatic rings. The molecule has 4 fully saturated rings. The standard InChI is InChI=1S/C61H72FN8O11PS/c1-37(59(76)79-6)65-82(78,81-44-15-11-8-12-16-44)54(62)42-18-21-49-43(33-42)34-50(83-49)56(73)64-53(61(2,3)4)58(75)69-28-25-41(52(69)57(74)68-29-30-80-48(36-68)40-13-9-7-10-14-40)31-38-23-26-67(27-24-38)35-39-17-19-45-47(32-39)66(5)60(77)70(45)46-20-22-51(71)63-55(46)72/h7-19,21,32-34,37-38,41,46,48,52-54H,20,22-31,35-36H2,1-6H3,(H,64,73)(H,65,78)(H,63,71,72)/t37-,41-,46?,48-,52-,53+,54+,82?/m0/s1. The normalized spacial score (nSPS) is 22.0. The van der Waals surface area contributed by atoms with Crippen LogP contribution in [0.1, 0.15) is 111 Å². The van der Waals surface area contributed by atoms with E-state index >= 15 is 14.0 Å². The molecule has 2 aromatic heterocycles. The number of aryl methyl sites for hydroxylation is 1. The van der Waals surface area contributed by atoms with Crippen LogP contribution in [0.3, 0.4) is 0 Å². The zero-order valence-electron chi connectivity index (χ0n) is 47.6. The first kappa shape index (κ1) is 59.1. The Morgan fingerprint density at radius 2 is 1.60 bits per heavy atom. The molecule has 5 amide bonds. The molecule has 22 heteroatoms. The van der Waals surface area contributed by atoms with Crippen LogP contribution in [-0.4, -0.2) is 124 Å². The summed E-state index contributed by atoms with van der Waals surface area (Å²) in [5.74, 6) is -4.60. The lowest BCUT2D eigenvalue weighted by Crippen LogP contribution is -2.59. The first-order chi connectivity index (χ1) is 39.7. The van der Waals surface area contributed by atoms with Gasteiger partial charge in [0.25, 0.3) is 5.91 Å². The summed E-state index contributed by atoms with van der Waals surface area (Å²) >= 11 is 1.15. The number of hydrogen-bond acceptors (Lipinski definition) is 13. The molecule has 4 saturated heterocycles. The molecule has 0 spiro atoms. The van der Waals surface area contributed by atoms with E-state index in [9.17, 15) is 28.5 Å². The lowest BCUT2D eigenvalue weighted by atomic mass is 9.82. The van der Waals surface area contributed by atoms with Gasteiger partial charge < -0.3 is 29.1 Å². The molecule has 0 saturated carbocycles. The molecule has 19 nitrogen and oxygen atoms in total. The van der Waals surface area contributed by atoms with Crippen molar-refractivity contribution in [2.24, 2.45) is 24.3 Å². The number of hydrogen-bond donors (Lipinski definition) is 3. The number of likely N-dealkylation sites (tertiary alicyclic amines) is 2. The largest absolute Gasteiger partial charge is 0.468 e. The van der Waals surface area contributed by atoms with Gasteiger partial charge in [-0.05, 0) is 134 Å². The highest BCUT2D eigenvalue weighted by molar-refractivity contribution is 7.57. The maximum atomic E-state index is 16.7. The number of thiophene rings is 1. The van der Waals surface area contributed by atoms with E-state index in [0.29, 0.717) is 60.3 Å². The van der Waals surface area contributed by atoms with Gasteiger partial charge in [0.2, 0.25) is 29.5 Å². The highest BCUT2D eigenvalue weighted by Gasteiger charge is 2.49. The number of ether oxygens (including phenoxy) is 2. The van der Waals surface area contributed by atoms with E-state index in [1.54, 1.807) is 46.8 Å². The summed E-state index contributed by atoms with van der Waals surface area (Å²) in [6.07, 6.45) is 3.16. The van der Waals surface area contributed by atoms with Crippen molar-refractivity contribution in [1.29, 1.82) is 0 Å². The molecular formula is C61H72FN8O11PS. The monoisotopic (exact) mass is 1170 g/mol. The van der Waals surface area contributed by atoms with E-state index in [2.05, 4.69) is 20.6 Å². The summed E-state index contributed by atoms with van der Waals surface area (Å²) in [5.41, 5.74) is 2.19. The zero-order chi connectivity index (χ0) is 58.9. The number of nitrogens with one attached hydrogen (secondary N) is 3. The minimum atomic E-state index is -4.50. The predicted molar refractivity (Wildman–Crippen MR) is 312 cm³/mol. The number of esters is 1. The Hall–Kier alpha value is -7.03. The maximum absolute atomic E-state index is 16.7. The molecule has 6 heterocycles. The van der Waals surface area contributed by atoms with Crippen LogP contribution in [-0.2, 0) is 51.6 Å². The van der Waals surface area contributed by atoms with Crippen LogP contribution in [0.25, 0.3) is 21.1 Å². The summed E-state index contributed by atoms with van der Waals surface area (Å²) < 4.78 is 51.6. The van der Waals surface area contributed by atoms with Gasteiger partial charge in [0.1, 0.15) is 36.0 Å². The third-order valence-corrected chi connectivity index (χ3v) is 19.9. The number of morpholine rings is 1. The van der Waals surface area contributed by atoms with Crippen LogP contribution < -0.4 is 25.9 Å². The fourth-order valence-corrected chi connectivity index (χ4v) is 15.1. The van der Waals surface area contributed by atoms with Crippen molar-refractivity contribution in [2.75, 3.05) is 46.4 Å². The van der Waals surface area contributed by atoms with E-state index in [0.717, 1.165) is 54.8 Å². The number of halogens is 1. The molecule has 0 aliphatic carbocycles. The predicted octanol–water partition coefficient (Wildman–Crippen LogP) is 8.19. The van der Waals surface area contributed by atoms with E-state index in [4.69, 9.17) is 14.0 Å². The van der Waals surface area contributed by atoms with Crippen molar-refractivity contribution in [3.63, 3.8) is 0 Å². The Labute approximate surface area is 485 Å². The molecule has 83 heavy (non-hydrogen) atoms. The molecule has 0 bridgehead atoms. The summed E-state index contributed by atoms with van der Waals surface area (Å²) in [5, 5.41) is 8.45. The second-order valence-electron chi connectivity index (χ2n) is 23.4. The topological polar surface area (TPSA) is 220 Å². The number of nitrogens with zero attached hydrogens (tertiary/aromatic N) is 5. The number of fused-ring (bicyclic) bond motifs is 2. The molecule has 4 aromatic carbocycles. The number of carbonyl (C=O) groups excluding carboxylic acids is 6. The smallest absolute Gasteiger partial charge is 0.355 e. The van der Waals surface area contributed by atoms with Gasteiger partial charge in [0, 0.05) is 37.8 Å². The van der Waals surface area contributed by atoms with E-state index < -0.39 is 60.8 Å². The Bertz CT molecular complexity index is 3520. The van der Waals surface area contributed by atoms with Crippen LogP contribution in [0.15, 0.2) is 108 Å². The van der Waals surface area contributed by atoms with Crippen molar-refractivity contribution in [3.05, 3.63) is 135 Å². The van der Waals surface area contributed by atoms with Crippen LogP contribution >= 0.6 is 18.9 Å². The third-order valence-electron chi connectivity index (χ3n) is 16.7. The number of amides is 5. The summed E-state index contributed by atoms with van der Waals surface area (Å²) in [6, 6.07) is 26.1. The van der Waals surface area contributed by atoms with Crippen LogP contribution in [0.2, 0.25) is 0 Å². The minimum absolute atomic E-state index is 0.0142. The lowest BCUT2D eigenvalue weighted by molar-refractivity contribution is -0.152. The molecule has 4 aliphatic heterocycles. The van der Waals surface area contributed by atoms with E-state index in [-0.39, 0.29) is 70.4 Å². The average Bonchev–Trinajstić information content (AvgIpc) is 4.31. The number of aromatic nitrogens is 2. The molecule has 8 atom stereocenters. The van der Waals surface area contributed by atoms with Gasteiger partial charge in [-0.15, -0.1) is 11.3 Å². The third kappa shape index (κ3) is 12.7. The van der Waals surface area contributed by atoms with E-state index in [1.165, 1.54) is 42.9 Å². The summed E-state index contributed by atoms with van der Waals surface area (Å²) in [4.78, 5) is 102. The first-order valence-corrected chi connectivity index (χ1v) is 30.9. The van der Waals surface area contributed by atoms with Gasteiger partial charge in [0.05, 0.1) is 36.2 Å². The average molecular weight is 1180 g/mol. The fraction of sp³-hybridized carbons (Fsp3) is 0.459. The van der Waals surface area contributed by atoms with Crippen LogP contribution in [0, 0.1) is 17.3 Å². The first-order valence-electron chi connectivity index (χ1n) is 28.4. The van der Waals surface area contributed by atoms with Gasteiger partial charge in [-0.25, -0.2) is 14.3 Å². The van der Waals surface area contributed by atoms with Crippen molar-refractivity contribution >= 4 is 75.5 Å². The Balaban J connectivity index is 0.848. The Kier molecular flexibility index (Phi) is 17.6. The molecule has 2 unspecified atom stereocenters. The molecular weight excluding hydrogens is 1100 g/mol. The van der Waals surface area contributed by atoms with Gasteiger partial charge in [0.15, 0.2) is 0 Å². The quantitative estimate of drug-likeness (QED) is 0.0446. The number of imidazole rings is 1. The maximum Gasteiger partial charge on any atom is 0.355 e. The SMILES string of the molecule is COC(=O)[C@H](C)NP(=O)(Oc1ccccc1)[C@@H](F)c1ccc2sc(C(=O)N[C@H](C(=O)N3CC[C@@H](CC4CCN(Cc5ccc6c(c5)n(C)c(=O)n6C5CCC(=O)NC5=O)CC4)[C@H]3C(=O)N3CCO[C@H](c4ccccc4)C3)C(C)(C)C)cc2c1. The highest BCUT2D eigenvalue weighted by Crippen LogP contribution is 2.58. The van der Waals surface area contributed by atoms with E-state index in [1.807, 2.05) is 74.2 Å². The van der Waals surface area contributed by atoms with Gasteiger partial charge in [-0.1, -0.05) is 81.4 Å². The Morgan fingerprint density at radius 3 is 2.30 bits per heavy atom. The number of rotatable bonds is 17. The molecule has 3 N–H and O–H groups in total. The molecule has 0 radical (unpaired) electrons. The van der Waals surface area contributed by atoms with Crippen molar-refractivity contribution < 1.29 is 51.7 Å². The van der Waals surface area contributed by atoms with Crippen molar-refractivity contribution in [2.45, 2.75) is 109 Å². The number of para-hydroxylation sites is 1. The number of piperidine rings is 2. The number of imide groups is 1. The summed E-state index contributed by atoms with van der Waals surface area (Å²) in [7, 11) is -1.64. The molecule has 440 valence electrons. The number of benzene rings is 4. The fourth-order valence-electron chi connectivity index (χ4n) is 12.2. The number of carbonyl (C=O) groups is 6. The Morgan fingerprint density at radius 1 is 0.880 bits per heavy atom. The minimum Gasteiger partial charge on any atom is -0.468 e. The van der Waals surface area contributed by atoms with Crippen molar-refractivity contribution in [3.8, 4) is 5.75 Å². The zero-order valence-corrected chi connectivity index (χ0v) is 49.3. The second kappa shape index (κ2) is 24.7. The van der Waals surface area contributed by atoms with Crippen molar-refractivity contribution in [1.82, 2.24) is 39.6 Å². The number of methoxy groups -OCH3 is 1. The van der Waals surface area contributed by atoms with Crippen LogP contribution in [0.4, 0.5) is 4.39 Å². The van der Waals surface area contributed by atoms with Gasteiger partial charge in [-0.2, -0.15) is 0 Å². The van der Waals surface area contributed by atoms with Gasteiger partial charge in [-0.3, -0.25) is 52.7 Å². The summed E-state index contributed by atoms with van der Waals surface area (Å²) in [6.45, 7) is 10.6. The van der Waals surface area contributed by atoms with Crippen LogP contribution in [0.5, 0.6) is 5.75 Å². The highest BCUT2D eigenvalue weighted by atomic mass is 32.1.